The minimum atomic E-state index is 0.946. The number of fused-ring (bicyclic) bond motifs is 2. The molecule has 0 fully saturated rings. The van der Waals surface area contributed by atoms with Crippen molar-refractivity contribution in [1.82, 2.24) is 0 Å². The van der Waals surface area contributed by atoms with E-state index in [1.54, 1.807) is 0 Å². The molecule has 0 spiro atoms. The first-order chi connectivity index (χ1) is 9.84. The summed E-state index contributed by atoms with van der Waals surface area (Å²) in [4.78, 5) is 0. The van der Waals surface area contributed by atoms with Crippen LogP contribution in [0.25, 0.3) is 21.9 Å². The van der Waals surface area contributed by atoms with Crippen LogP contribution >= 0.6 is 0 Å². The van der Waals surface area contributed by atoms with Gasteiger partial charge in [-0.15, -0.1) is 0 Å². The molecule has 0 aliphatic carbocycles. The molecule has 0 saturated heterocycles. The maximum atomic E-state index is 6.00. The van der Waals surface area contributed by atoms with Crippen molar-refractivity contribution in [2.75, 3.05) is 0 Å². The van der Waals surface area contributed by atoms with Gasteiger partial charge in [-0.2, -0.15) is 0 Å². The minimum absolute atomic E-state index is 0.946. The molecule has 0 amide bonds. The van der Waals surface area contributed by atoms with E-state index >= 15 is 0 Å². The molecule has 1 aliphatic heterocycles. The Labute approximate surface area is 119 Å². The monoisotopic (exact) mass is 262 g/mol. The van der Waals surface area contributed by atoms with Gasteiger partial charge in [0.2, 0.25) is 0 Å². The molecule has 0 atom stereocenters. The molecule has 20 heavy (non-hydrogen) atoms. The molecule has 0 N–H and O–H groups in total. The van der Waals surface area contributed by atoms with Gasteiger partial charge in [0.05, 0.1) is 0 Å². The number of hydrogen-bond donors (Lipinski definition) is 0. The van der Waals surface area contributed by atoms with Gasteiger partial charge >= 0.3 is 0 Å². The fourth-order valence-electron chi connectivity index (χ4n) is 2.73. The maximum absolute atomic E-state index is 6.00. The van der Waals surface area contributed by atoms with Crippen molar-refractivity contribution in [2.45, 2.75) is 20.8 Å². The van der Waals surface area contributed by atoms with E-state index in [4.69, 9.17) is 4.74 Å². The summed E-state index contributed by atoms with van der Waals surface area (Å²) in [7, 11) is 0. The molecule has 1 heterocycles. The fourth-order valence-corrected chi connectivity index (χ4v) is 2.73. The summed E-state index contributed by atoms with van der Waals surface area (Å²) in [5.74, 6) is 1.91. The molecular weight excluding hydrogens is 244 g/mol. The first-order valence-electron chi connectivity index (χ1n) is 7.14. The van der Waals surface area contributed by atoms with E-state index < -0.39 is 0 Å². The highest BCUT2D eigenvalue weighted by Crippen LogP contribution is 2.46. The molecule has 1 nitrogen and oxygen atoms in total. The minimum Gasteiger partial charge on any atom is -0.456 e. The summed E-state index contributed by atoms with van der Waals surface area (Å²) >= 11 is 0. The molecular formula is C19H18O. The van der Waals surface area contributed by atoms with Gasteiger partial charge in [-0.1, -0.05) is 56.3 Å². The molecule has 0 unspecified atom stereocenters. The van der Waals surface area contributed by atoms with E-state index in [-0.39, 0.29) is 0 Å². The molecule has 0 saturated carbocycles. The highest BCUT2D eigenvalue weighted by molar-refractivity contribution is 6.05. The van der Waals surface area contributed by atoms with Crippen LogP contribution in [0.15, 0.2) is 54.6 Å². The number of rotatable bonds is 0. The van der Waals surface area contributed by atoms with E-state index in [0.29, 0.717) is 0 Å². The Kier molecular flexibility index (Phi) is 3.19. The van der Waals surface area contributed by atoms with Gasteiger partial charge in [-0.25, -0.2) is 0 Å². The first-order valence-corrected chi connectivity index (χ1v) is 7.14. The first kappa shape index (κ1) is 12.7. The molecule has 1 aliphatic rings. The number of aryl methyl sites for hydroxylation is 1. The molecule has 0 bridgehead atoms. The van der Waals surface area contributed by atoms with E-state index in [1.807, 2.05) is 32.0 Å². The Hall–Kier alpha value is -2.28. The third-order valence-corrected chi connectivity index (χ3v) is 3.62. The maximum Gasteiger partial charge on any atom is 0.135 e. The van der Waals surface area contributed by atoms with Gasteiger partial charge in [0.1, 0.15) is 11.5 Å². The summed E-state index contributed by atoms with van der Waals surface area (Å²) < 4.78 is 6.00. The average molecular weight is 262 g/mol. The van der Waals surface area contributed by atoms with E-state index in [1.165, 1.54) is 27.5 Å². The van der Waals surface area contributed by atoms with Crippen molar-refractivity contribution in [2.24, 2.45) is 0 Å². The van der Waals surface area contributed by atoms with Crippen LogP contribution in [0.2, 0.25) is 0 Å². The van der Waals surface area contributed by atoms with Crippen LogP contribution in [-0.4, -0.2) is 0 Å². The average Bonchev–Trinajstić information content (AvgIpc) is 2.52. The van der Waals surface area contributed by atoms with Crippen molar-refractivity contribution >= 4 is 10.8 Å². The summed E-state index contributed by atoms with van der Waals surface area (Å²) in [6.07, 6.45) is 0. The van der Waals surface area contributed by atoms with Crippen molar-refractivity contribution in [3.05, 3.63) is 60.2 Å². The van der Waals surface area contributed by atoms with Crippen LogP contribution in [-0.2, 0) is 0 Å². The summed E-state index contributed by atoms with van der Waals surface area (Å²) in [5.41, 5.74) is 3.74. The SMILES string of the molecule is CC.Cc1ccc2c3c(cccc13)Oc1ccccc1-2. The molecule has 3 aromatic rings. The van der Waals surface area contributed by atoms with Crippen LogP contribution in [0.1, 0.15) is 19.4 Å². The van der Waals surface area contributed by atoms with Gasteiger partial charge in [0.25, 0.3) is 0 Å². The second kappa shape index (κ2) is 5.01. The quantitative estimate of drug-likeness (QED) is 0.380. The van der Waals surface area contributed by atoms with Gasteiger partial charge in [-0.3, -0.25) is 0 Å². The lowest BCUT2D eigenvalue weighted by atomic mass is 9.93. The number of hydrogen-bond acceptors (Lipinski definition) is 1. The third kappa shape index (κ3) is 1.78. The molecule has 100 valence electrons. The smallest absolute Gasteiger partial charge is 0.135 e. The normalized spacial score (nSPS) is 11.2. The zero-order chi connectivity index (χ0) is 14.1. The highest BCUT2D eigenvalue weighted by Gasteiger charge is 2.19. The van der Waals surface area contributed by atoms with Crippen molar-refractivity contribution in [3.8, 4) is 22.6 Å². The third-order valence-electron chi connectivity index (χ3n) is 3.62. The largest absolute Gasteiger partial charge is 0.456 e. The van der Waals surface area contributed by atoms with E-state index in [9.17, 15) is 0 Å². The zero-order valence-corrected chi connectivity index (χ0v) is 12.1. The lowest BCUT2D eigenvalue weighted by molar-refractivity contribution is 0.487. The van der Waals surface area contributed by atoms with Crippen LogP contribution in [0.4, 0.5) is 0 Å². The molecule has 1 heteroatoms. The number of ether oxygens (including phenoxy) is 1. The van der Waals surface area contributed by atoms with Crippen LogP contribution in [0, 0.1) is 6.92 Å². The number of benzene rings is 3. The second-order valence-corrected chi connectivity index (χ2v) is 4.71. The second-order valence-electron chi connectivity index (χ2n) is 4.71. The predicted molar refractivity (Wildman–Crippen MR) is 85.5 cm³/mol. The van der Waals surface area contributed by atoms with Gasteiger partial charge in [0.15, 0.2) is 0 Å². The van der Waals surface area contributed by atoms with Gasteiger partial charge < -0.3 is 4.74 Å². The van der Waals surface area contributed by atoms with Crippen molar-refractivity contribution in [3.63, 3.8) is 0 Å². The summed E-state index contributed by atoms with van der Waals surface area (Å²) in [5, 5.41) is 2.51. The Balaban J connectivity index is 0.000000581. The predicted octanol–water partition coefficient (Wildman–Crippen LogP) is 5.95. The lowest BCUT2D eigenvalue weighted by Crippen LogP contribution is -1.97. The van der Waals surface area contributed by atoms with Gasteiger partial charge in [-0.05, 0) is 35.6 Å². The molecule has 3 aromatic carbocycles. The van der Waals surface area contributed by atoms with Crippen LogP contribution < -0.4 is 4.74 Å². The molecule has 4 rings (SSSR count). The Morgan fingerprint density at radius 1 is 0.700 bits per heavy atom. The topological polar surface area (TPSA) is 9.23 Å². The van der Waals surface area contributed by atoms with E-state index in [0.717, 1.165) is 11.5 Å². The van der Waals surface area contributed by atoms with Crippen molar-refractivity contribution in [1.29, 1.82) is 0 Å². The number of para-hydroxylation sites is 1. The highest BCUT2D eigenvalue weighted by atomic mass is 16.5. The summed E-state index contributed by atoms with van der Waals surface area (Å²) in [6.45, 7) is 6.14. The lowest BCUT2D eigenvalue weighted by Gasteiger charge is -2.21. The zero-order valence-electron chi connectivity index (χ0n) is 12.1. The van der Waals surface area contributed by atoms with Gasteiger partial charge in [0, 0.05) is 10.9 Å². The van der Waals surface area contributed by atoms with Crippen molar-refractivity contribution < 1.29 is 4.74 Å². The standard InChI is InChI=1S/C17H12O.C2H6/c1-11-9-10-14-13-5-2-3-7-15(13)18-16-8-4-6-12(11)17(14)16;1-2/h2-10H,1H3;1-2H3. The molecule has 0 radical (unpaired) electrons. The Morgan fingerprint density at radius 2 is 1.45 bits per heavy atom. The Morgan fingerprint density at radius 3 is 2.30 bits per heavy atom. The van der Waals surface area contributed by atoms with Crippen LogP contribution in [0.5, 0.6) is 11.5 Å². The molecule has 0 aromatic heterocycles. The fraction of sp³-hybridized carbons (Fsp3) is 0.158. The van der Waals surface area contributed by atoms with Crippen LogP contribution in [0.3, 0.4) is 0 Å². The Bertz CT molecular complexity index is 772. The van der Waals surface area contributed by atoms with E-state index in [2.05, 4.69) is 43.3 Å². The summed E-state index contributed by atoms with van der Waals surface area (Å²) in [6, 6.07) is 18.9.